The molecule has 0 fully saturated rings. The van der Waals surface area contributed by atoms with E-state index in [0.29, 0.717) is 11.1 Å². The molecular weight excluding hydrogens is 346 g/mol. The van der Waals surface area contributed by atoms with E-state index in [9.17, 15) is 8.42 Å². The molecule has 0 saturated heterocycles. The van der Waals surface area contributed by atoms with E-state index in [2.05, 4.69) is 20.9 Å². The number of ether oxygens (including phenoxy) is 1. The number of hydrogen-bond acceptors (Lipinski definition) is 5. The Hall–Kier alpha value is -1.60. The van der Waals surface area contributed by atoms with E-state index in [1.54, 1.807) is 31.2 Å². The number of pyridine rings is 1. The quantitative estimate of drug-likeness (QED) is 0.769. The van der Waals surface area contributed by atoms with E-state index in [0.717, 1.165) is 0 Å². The van der Waals surface area contributed by atoms with Gasteiger partial charge in [0.2, 0.25) is 5.88 Å². The number of rotatable bonds is 5. The highest BCUT2D eigenvalue weighted by molar-refractivity contribution is 9.10. The Balaban J connectivity index is 2.41. The van der Waals surface area contributed by atoms with Crippen LogP contribution in [-0.2, 0) is 10.1 Å². The zero-order chi connectivity index (χ0) is 14.6. The van der Waals surface area contributed by atoms with Crippen molar-refractivity contribution < 1.29 is 17.3 Å². The van der Waals surface area contributed by atoms with Crippen LogP contribution in [0.3, 0.4) is 0 Å². The molecule has 0 aliphatic heterocycles. The summed E-state index contributed by atoms with van der Waals surface area (Å²) in [5.41, 5.74) is 0. The van der Waals surface area contributed by atoms with Crippen molar-refractivity contribution in [3.63, 3.8) is 0 Å². The molecule has 20 heavy (non-hydrogen) atoms. The maximum absolute atomic E-state index is 12.3. The van der Waals surface area contributed by atoms with Crippen molar-refractivity contribution >= 4 is 26.0 Å². The lowest BCUT2D eigenvalue weighted by molar-refractivity contribution is 0.329. The SMILES string of the molecule is CCOc1ccc(Br)cc1S(=O)(=O)Oc1ccccn1. The lowest BCUT2D eigenvalue weighted by Crippen LogP contribution is -2.12. The molecule has 1 aromatic heterocycles. The average Bonchev–Trinajstić information content (AvgIpc) is 2.41. The van der Waals surface area contributed by atoms with Gasteiger partial charge in [-0.15, -0.1) is 0 Å². The fourth-order valence-corrected chi connectivity index (χ4v) is 3.08. The Morgan fingerprint density at radius 2 is 2.05 bits per heavy atom. The van der Waals surface area contributed by atoms with Gasteiger partial charge in [-0.2, -0.15) is 8.42 Å². The Bertz CT molecular complexity index is 689. The summed E-state index contributed by atoms with van der Waals surface area (Å²) in [6.45, 7) is 2.13. The molecule has 0 aliphatic rings. The summed E-state index contributed by atoms with van der Waals surface area (Å²) < 4.78 is 35.5. The lowest BCUT2D eigenvalue weighted by atomic mass is 10.3. The molecule has 7 heteroatoms. The zero-order valence-electron chi connectivity index (χ0n) is 10.6. The fraction of sp³-hybridized carbons (Fsp3) is 0.154. The summed E-state index contributed by atoms with van der Waals surface area (Å²) in [6.07, 6.45) is 1.45. The fourth-order valence-electron chi connectivity index (χ4n) is 1.51. The highest BCUT2D eigenvalue weighted by atomic mass is 79.9. The summed E-state index contributed by atoms with van der Waals surface area (Å²) in [5.74, 6) is 0.251. The Morgan fingerprint density at radius 1 is 1.25 bits per heavy atom. The molecule has 0 unspecified atom stereocenters. The molecule has 0 aliphatic carbocycles. The van der Waals surface area contributed by atoms with E-state index in [1.165, 1.54) is 18.3 Å². The Morgan fingerprint density at radius 3 is 2.70 bits per heavy atom. The molecular formula is C13H12BrNO4S. The molecule has 1 heterocycles. The van der Waals surface area contributed by atoms with Crippen LogP contribution in [0.1, 0.15) is 6.92 Å². The average molecular weight is 358 g/mol. The standard InChI is InChI=1S/C13H12BrNO4S/c1-2-18-11-7-6-10(14)9-12(11)20(16,17)19-13-5-3-4-8-15-13/h3-9H,2H2,1H3. The lowest BCUT2D eigenvalue weighted by Gasteiger charge is -2.11. The Kier molecular flexibility index (Phi) is 4.61. The van der Waals surface area contributed by atoms with Crippen LogP contribution in [0.4, 0.5) is 0 Å². The van der Waals surface area contributed by atoms with E-state index in [4.69, 9.17) is 8.92 Å². The van der Waals surface area contributed by atoms with Gasteiger partial charge in [-0.3, -0.25) is 0 Å². The van der Waals surface area contributed by atoms with Crippen molar-refractivity contribution in [3.05, 3.63) is 47.1 Å². The zero-order valence-corrected chi connectivity index (χ0v) is 13.0. The minimum absolute atomic E-state index is 0.00919. The normalized spacial score (nSPS) is 11.1. The molecule has 0 atom stereocenters. The molecule has 0 amide bonds. The second kappa shape index (κ2) is 6.23. The van der Waals surface area contributed by atoms with Crippen LogP contribution >= 0.6 is 15.9 Å². The summed E-state index contributed by atoms with van der Waals surface area (Å²) in [7, 11) is -4.01. The molecule has 2 aromatic rings. The van der Waals surface area contributed by atoms with Gasteiger partial charge < -0.3 is 8.92 Å². The monoisotopic (exact) mass is 357 g/mol. The number of halogens is 1. The van der Waals surface area contributed by atoms with E-state index in [-0.39, 0.29) is 16.5 Å². The van der Waals surface area contributed by atoms with Crippen LogP contribution in [0.5, 0.6) is 11.6 Å². The van der Waals surface area contributed by atoms with Gasteiger partial charge in [-0.25, -0.2) is 4.98 Å². The van der Waals surface area contributed by atoms with Gasteiger partial charge in [0.1, 0.15) is 10.6 Å². The van der Waals surface area contributed by atoms with E-state index >= 15 is 0 Å². The van der Waals surface area contributed by atoms with Crippen molar-refractivity contribution in [2.24, 2.45) is 0 Å². The van der Waals surface area contributed by atoms with Crippen molar-refractivity contribution in [2.75, 3.05) is 6.61 Å². The van der Waals surface area contributed by atoms with Crippen LogP contribution in [0, 0.1) is 0 Å². The van der Waals surface area contributed by atoms with Gasteiger partial charge in [-0.1, -0.05) is 22.0 Å². The van der Waals surface area contributed by atoms with Crippen LogP contribution in [0.15, 0.2) is 52.0 Å². The summed E-state index contributed by atoms with van der Waals surface area (Å²) in [6, 6.07) is 9.48. The first-order valence-corrected chi connectivity index (χ1v) is 8.01. The third-order valence-corrected chi connectivity index (χ3v) is 4.05. The van der Waals surface area contributed by atoms with Crippen LogP contribution in [-0.4, -0.2) is 20.0 Å². The second-order valence-corrected chi connectivity index (χ2v) is 6.16. The molecule has 2 rings (SSSR count). The highest BCUT2D eigenvalue weighted by Crippen LogP contribution is 2.29. The smallest absolute Gasteiger partial charge is 0.344 e. The molecule has 0 bridgehead atoms. The van der Waals surface area contributed by atoms with Crippen molar-refractivity contribution in [1.29, 1.82) is 0 Å². The van der Waals surface area contributed by atoms with Gasteiger partial charge >= 0.3 is 10.1 Å². The number of benzene rings is 1. The molecule has 5 nitrogen and oxygen atoms in total. The molecule has 106 valence electrons. The third kappa shape index (κ3) is 3.49. The summed E-state index contributed by atoms with van der Waals surface area (Å²) in [5, 5.41) is 0. The maximum atomic E-state index is 12.3. The number of hydrogen-bond donors (Lipinski definition) is 0. The maximum Gasteiger partial charge on any atom is 0.344 e. The topological polar surface area (TPSA) is 65.5 Å². The largest absolute Gasteiger partial charge is 0.492 e. The first-order chi connectivity index (χ1) is 9.53. The van der Waals surface area contributed by atoms with Gasteiger partial charge in [0.05, 0.1) is 6.61 Å². The van der Waals surface area contributed by atoms with Crippen LogP contribution < -0.4 is 8.92 Å². The van der Waals surface area contributed by atoms with E-state index < -0.39 is 10.1 Å². The summed E-state index contributed by atoms with van der Waals surface area (Å²) in [4.78, 5) is 3.79. The van der Waals surface area contributed by atoms with Gasteiger partial charge in [0.15, 0.2) is 0 Å². The minimum atomic E-state index is -4.01. The highest BCUT2D eigenvalue weighted by Gasteiger charge is 2.23. The molecule has 0 radical (unpaired) electrons. The number of aromatic nitrogens is 1. The predicted octanol–water partition coefficient (Wildman–Crippen LogP) is 3.01. The molecule has 0 N–H and O–H groups in total. The van der Waals surface area contributed by atoms with E-state index in [1.807, 2.05) is 0 Å². The minimum Gasteiger partial charge on any atom is -0.492 e. The first-order valence-electron chi connectivity index (χ1n) is 5.81. The van der Waals surface area contributed by atoms with Gasteiger partial charge in [-0.05, 0) is 31.2 Å². The number of nitrogens with zero attached hydrogens (tertiary/aromatic N) is 1. The first kappa shape index (κ1) is 14.8. The summed E-state index contributed by atoms with van der Waals surface area (Å²) >= 11 is 3.23. The molecule has 0 spiro atoms. The van der Waals surface area contributed by atoms with Gasteiger partial charge in [0.25, 0.3) is 0 Å². The molecule has 1 aromatic carbocycles. The van der Waals surface area contributed by atoms with Crippen molar-refractivity contribution in [3.8, 4) is 11.6 Å². The molecule has 0 saturated carbocycles. The van der Waals surface area contributed by atoms with Crippen LogP contribution in [0.25, 0.3) is 0 Å². The van der Waals surface area contributed by atoms with Crippen LogP contribution in [0.2, 0.25) is 0 Å². The van der Waals surface area contributed by atoms with Gasteiger partial charge in [0, 0.05) is 16.7 Å². The van der Waals surface area contributed by atoms with Crippen molar-refractivity contribution in [2.45, 2.75) is 11.8 Å². The predicted molar refractivity (Wildman–Crippen MR) is 77.4 cm³/mol. The second-order valence-electron chi connectivity index (χ2n) is 3.73. The Labute approximate surface area is 125 Å². The third-order valence-electron chi connectivity index (χ3n) is 2.31. The van der Waals surface area contributed by atoms with Crippen molar-refractivity contribution in [1.82, 2.24) is 4.98 Å².